The van der Waals surface area contributed by atoms with Crippen molar-refractivity contribution < 1.29 is 13.9 Å². The Morgan fingerprint density at radius 2 is 2.00 bits per heavy atom. The lowest BCUT2D eigenvalue weighted by atomic mass is 9.98. The summed E-state index contributed by atoms with van der Waals surface area (Å²) in [6, 6.07) is 6.39. The van der Waals surface area contributed by atoms with E-state index < -0.39 is 5.82 Å². The van der Waals surface area contributed by atoms with Crippen LogP contribution in [0.15, 0.2) is 24.3 Å². The minimum atomic E-state index is -0.447. The van der Waals surface area contributed by atoms with E-state index in [-0.39, 0.29) is 23.3 Å². The second-order valence-corrected chi connectivity index (χ2v) is 5.14. The zero-order valence-corrected chi connectivity index (χ0v) is 12.7. The molecule has 1 aromatic carbocycles. The zero-order chi connectivity index (χ0) is 15.1. The second-order valence-electron chi connectivity index (χ2n) is 5.14. The quantitative estimate of drug-likeness (QED) is 0.686. The first-order valence-corrected chi connectivity index (χ1v) is 7.03. The highest BCUT2D eigenvalue weighted by Gasteiger charge is 2.22. The number of ketones is 1. The molecule has 3 nitrogen and oxygen atoms in total. The summed E-state index contributed by atoms with van der Waals surface area (Å²) in [5.74, 6) is -0.838. The highest BCUT2D eigenvalue weighted by molar-refractivity contribution is 5.98. The summed E-state index contributed by atoms with van der Waals surface area (Å²) < 4.78 is 18.8. The van der Waals surface area contributed by atoms with E-state index in [0.29, 0.717) is 13.2 Å². The van der Waals surface area contributed by atoms with E-state index in [1.165, 1.54) is 6.07 Å². The van der Waals surface area contributed by atoms with Crippen molar-refractivity contribution in [2.24, 2.45) is 5.92 Å². The first-order valence-electron chi connectivity index (χ1n) is 7.03. The number of Topliss-reactive ketones (excluding diaryl/α,β-unsaturated/α-hetero) is 1. The van der Waals surface area contributed by atoms with Gasteiger partial charge in [-0.05, 0) is 25.6 Å². The van der Waals surface area contributed by atoms with Gasteiger partial charge < -0.3 is 4.74 Å². The largest absolute Gasteiger partial charge is 0.383 e. The number of methoxy groups -OCH3 is 1. The molecule has 0 saturated carbocycles. The highest BCUT2D eigenvalue weighted by Crippen LogP contribution is 2.15. The van der Waals surface area contributed by atoms with Gasteiger partial charge in [0.1, 0.15) is 5.82 Å². The maximum absolute atomic E-state index is 13.6. The second kappa shape index (κ2) is 8.12. The average molecular weight is 281 g/mol. The summed E-state index contributed by atoms with van der Waals surface area (Å²) >= 11 is 0. The molecule has 0 aliphatic heterocycles. The molecular weight excluding hydrogens is 257 g/mol. The van der Waals surface area contributed by atoms with Crippen LogP contribution in [0, 0.1) is 11.7 Å². The lowest BCUT2D eigenvalue weighted by Crippen LogP contribution is -2.40. The van der Waals surface area contributed by atoms with Crippen LogP contribution in [0.2, 0.25) is 0 Å². The van der Waals surface area contributed by atoms with Crippen molar-refractivity contribution in [2.75, 3.05) is 26.8 Å². The number of rotatable bonds is 8. The standard InChI is InChI=1S/C16H24FNO2/c1-5-18(13(3)11-20-4)10-12(2)16(19)14-8-6-7-9-15(14)17/h6-9,12-13H,5,10-11H2,1-4H3. The maximum Gasteiger partial charge on any atom is 0.169 e. The smallest absolute Gasteiger partial charge is 0.169 e. The number of carbonyl (C=O) groups is 1. The third-order valence-electron chi connectivity index (χ3n) is 3.53. The minimum Gasteiger partial charge on any atom is -0.383 e. The van der Waals surface area contributed by atoms with E-state index in [1.807, 2.05) is 13.8 Å². The van der Waals surface area contributed by atoms with E-state index in [0.717, 1.165) is 6.54 Å². The number of carbonyl (C=O) groups excluding carboxylic acids is 1. The lowest BCUT2D eigenvalue weighted by molar-refractivity contribution is 0.0766. The van der Waals surface area contributed by atoms with Crippen molar-refractivity contribution in [1.29, 1.82) is 0 Å². The number of ether oxygens (including phenoxy) is 1. The van der Waals surface area contributed by atoms with Crippen molar-refractivity contribution in [3.8, 4) is 0 Å². The number of nitrogens with zero attached hydrogens (tertiary/aromatic N) is 1. The van der Waals surface area contributed by atoms with Gasteiger partial charge in [0.2, 0.25) is 0 Å². The van der Waals surface area contributed by atoms with Gasteiger partial charge in [0.05, 0.1) is 12.2 Å². The van der Waals surface area contributed by atoms with Crippen LogP contribution in [0.1, 0.15) is 31.1 Å². The van der Waals surface area contributed by atoms with Gasteiger partial charge in [-0.1, -0.05) is 26.0 Å². The molecule has 0 aromatic heterocycles. The molecule has 112 valence electrons. The molecule has 0 spiro atoms. The molecule has 0 bridgehead atoms. The monoisotopic (exact) mass is 281 g/mol. The van der Waals surface area contributed by atoms with E-state index in [9.17, 15) is 9.18 Å². The van der Waals surface area contributed by atoms with Gasteiger partial charge in [0.15, 0.2) is 5.78 Å². The molecule has 0 fully saturated rings. The molecule has 2 atom stereocenters. The summed E-state index contributed by atoms with van der Waals surface area (Å²) in [5, 5.41) is 0. The lowest BCUT2D eigenvalue weighted by Gasteiger charge is -2.29. The first kappa shape index (κ1) is 16.8. The van der Waals surface area contributed by atoms with Crippen LogP contribution >= 0.6 is 0 Å². The van der Waals surface area contributed by atoms with Crippen LogP contribution in [-0.2, 0) is 4.74 Å². The van der Waals surface area contributed by atoms with Crippen LogP contribution in [-0.4, -0.2) is 43.5 Å². The Morgan fingerprint density at radius 3 is 2.55 bits per heavy atom. The molecule has 0 amide bonds. The molecule has 0 heterocycles. The average Bonchev–Trinajstić information content (AvgIpc) is 2.44. The Balaban J connectivity index is 2.72. The summed E-state index contributed by atoms with van der Waals surface area (Å²) in [6.45, 7) is 8.01. The Kier molecular flexibility index (Phi) is 6.82. The molecule has 0 aliphatic carbocycles. The number of hydrogen-bond acceptors (Lipinski definition) is 3. The van der Waals surface area contributed by atoms with Crippen LogP contribution in [0.5, 0.6) is 0 Å². The third kappa shape index (κ3) is 4.39. The van der Waals surface area contributed by atoms with Crippen molar-refractivity contribution in [1.82, 2.24) is 4.90 Å². The molecule has 0 radical (unpaired) electrons. The summed E-state index contributed by atoms with van der Waals surface area (Å²) in [5.41, 5.74) is 0.176. The molecule has 0 saturated heterocycles. The normalized spacial score (nSPS) is 14.3. The molecule has 20 heavy (non-hydrogen) atoms. The predicted molar refractivity (Wildman–Crippen MR) is 78.5 cm³/mol. The summed E-state index contributed by atoms with van der Waals surface area (Å²) in [6.07, 6.45) is 0. The summed E-state index contributed by atoms with van der Waals surface area (Å²) in [4.78, 5) is 14.5. The van der Waals surface area contributed by atoms with E-state index in [1.54, 1.807) is 25.3 Å². The van der Waals surface area contributed by atoms with Crippen molar-refractivity contribution in [3.05, 3.63) is 35.6 Å². The molecule has 1 aromatic rings. The van der Waals surface area contributed by atoms with E-state index in [2.05, 4.69) is 11.8 Å². The molecule has 0 N–H and O–H groups in total. The Labute approximate surface area is 120 Å². The predicted octanol–water partition coefficient (Wildman–Crippen LogP) is 3.00. The number of benzene rings is 1. The summed E-state index contributed by atoms with van der Waals surface area (Å²) in [7, 11) is 1.66. The fourth-order valence-electron chi connectivity index (χ4n) is 2.33. The first-order chi connectivity index (χ1) is 9.51. The molecule has 0 aliphatic rings. The highest BCUT2D eigenvalue weighted by atomic mass is 19.1. The number of hydrogen-bond donors (Lipinski definition) is 0. The van der Waals surface area contributed by atoms with Gasteiger partial charge in [0.25, 0.3) is 0 Å². The number of halogens is 1. The maximum atomic E-state index is 13.6. The van der Waals surface area contributed by atoms with Crippen LogP contribution in [0.25, 0.3) is 0 Å². The molecule has 2 unspecified atom stereocenters. The van der Waals surface area contributed by atoms with Gasteiger partial charge in [-0.3, -0.25) is 9.69 Å². The van der Waals surface area contributed by atoms with Gasteiger partial charge in [-0.15, -0.1) is 0 Å². The van der Waals surface area contributed by atoms with Crippen molar-refractivity contribution >= 4 is 5.78 Å². The minimum absolute atomic E-state index is 0.147. The topological polar surface area (TPSA) is 29.5 Å². The Bertz CT molecular complexity index is 436. The third-order valence-corrected chi connectivity index (χ3v) is 3.53. The van der Waals surface area contributed by atoms with Gasteiger partial charge >= 0.3 is 0 Å². The molecule has 1 rings (SSSR count). The fraction of sp³-hybridized carbons (Fsp3) is 0.562. The van der Waals surface area contributed by atoms with E-state index in [4.69, 9.17) is 4.74 Å². The SMILES string of the molecule is CCN(CC(C)C(=O)c1ccccc1F)C(C)COC. The van der Waals surface area contributed by atoms with E-state index >= 15 is 0 Å². The van der Waals surface area contributed by atoms with Crippen LogP contribution in [0.3, 0.4) is 0 Å². The van der Waals surface area contributed by atoms with Gasteiger partial charge in [-0.25, -0.2) is 4.39 Å². The molecular formula is C16H24FNO2. The van der Waals surface area contributed by atoms with Gasteiger partial charge in [0, 0.05) is 25.6 Å². The van der Waals surface area contributed by atoms with Crippen LogP contribution < -0.4 is 0 Å². The van der Waals surface area contributed by atoms with Gasteiger partial charge in [-0.2, -0.15) is 0 Å². The van der Waals surface area contributed by atoms with Crippen molar-refractivity contribution in [3.63, 3.8) is 0 Å². The van der Waals surface area contributed by atoms with Crippen LogP contribution in [0.4, 0.5) is 4.39 Å². The Morgan fingerprint density at radius 1 is 1.35 bits per heavy atom. The number of likely N-dealkylation sites (N-methyl/N-ethyl adjacent to an activating group) is 1. The van der Waals surface area contributed by atoms with Crippen molar-refractivity contribution in [2.45, 2.75) is 26.8 Å². The fourth-order valence-corrected chi connectivity index (χ4v) is 2.33. The molecule has 4 heteroatoms. The zero-order valence-electron chi connectivity index (χ0n) is 12.7. The Hall–Kier alpha value is -1.26.